The number of carbonyl (C=O) groups is 1. The van der Waals surface area contributed by atoms with Crippen LogP contribution < -0.4 is 0 Å². The van der Waals surface area contributed by atoms with Gasteiger partial charge < -0.3 is 14.7 Å². The number of aliphatic hydroxyl groups excluding tert-OH is 1. The van der Waals surface area contributed by atoms with Crippen molar-refractivity contribution < 1.29 is 14.6 Å². The maximum absolute atomic E-state index is 13.4. The zero-order valence-corrected chi connectivity index (χ0v) is 17.3. The van der Waals surface area contributed by atoms with Crippen molar-refractivity contribution in [2.24, 2.45) is 0 Å². The van der Waals surface area contributed by atoms with Gasteiger partial charge in [-0.15, -0.1) is 0 Å². The van der Waals surface area contributed by atoms with Crippen molar-refractivity contribution in [2.45, 2.75) is 38.0 Å². The van der Waals surface area contributed by atoms with Gasteiger partial charge in [-0.3, -0.25) is 9.78 Å². The van der Waals surface area contributed by atoms with Gasteiger partial charge in [0.05, 0.1) is 30.3 Å². The monoisotopic (exact) mass is 423 g/mol. The Morgan fingerprint density at radius 3 is 2.93 bits per heavy atom. The molecule has 0 saturated carbocycles. The number of nitrogens with zero attached hydrogens (tertiary/aromatic N) is 3. The lowest BCUT2D eigenvalue weighted by atomic mass is 9.93. The first-order valence-corrected chi connectivity index (χ1v) is 10.5. The van der Waals surface area contributed by atoms with E-state index in [0.717, 1.165) is 27.6 Å². The SMILES string of the molecule is CC1c2c(cc(Cc3ccc(Cl)nc3)c3cccnc23)C(=O)N1C1COCCC1O. The van der Waals surface area contributed by atoms with E-state index in [2.05, 4.69) is 9.97 Å². The summed E-state index contributed by atoms with van der Waals surface area (Å²) in [5.41, 5.74) is 4.44. The molecule has 2 aliphatic heterocycles. The third-order valence-electron chi connectivity index (χ3n) is 6.15. The van der Waals surface area contributed by atoms with Gasteiger partial charge in [0.2, 0.25) is 0 Å². The average Bonchev–Trinajstić information content (AvgIpc) is 3.00. The summed E-state index contributed by atoms with van der Waals surface area (Å²) < 4.78 is 5.57. The van der Waals surface area contributed by atoms with E-state index in [1.54, 1.807) is 23.4 Å². The molecule has 2 aromatic heterocycles. The molecule has 6 nitrogen and oxygen atoms in total. The highest BCUT2D eigenvalue weighted by atomic mass is 35.5. The molecule has 0 bridgehead atoms. The van der Waals surface area contributed by atoms with E-state index in [0.29, 0.717) is 36.8 Å². The van der Waals surface area contributed by atoms with Crippen LogP contribution in [0, 0.1) is 0 Å². The Balaban J connectivity index is 1.61. The van der Waals surface area contributed by atoms with Crippen molar-refractivity contribution in [1.82, 2.24) is 14.9 Å². The van der Waals surface area contributed by atoms with Gasteiger partial charge in [-0.25, -0.2) is 4.98 Å². The summed E-state index contributed by atoms with van der Waals surface area (Å²) in [6.45, 7) is 2.87. The molecule has 30 heavy (non-hydrogen) atoms. The van der Waals surface area contributed by atoms with Crippen LogP contribution in [-0.4, -0.2) is 51.2 Å². The van der Waals surface area contributed by atoms with Gasteiger partial charge in [0, 0.05) is 35.5 Å². The normalized spacial score (nSPS) is 23.8. The minimum Gasteiger partial charge on any atom is -0.391 e. The molecule has 1 amide bonds. The van der Waals surface area contributed by atoms with E-state index in [1.807, 2.05) is 31.2 Å². The van der Waals surface area contributed by atoms with Crippen molar-refractivity contribution in [3.63, 3.8) is 0 Å². The Bertz CT molecular complexity index is 1120. The summed E-state index contributed by atoms with van der Waals surface area (Å²) in [6, 6.07) is 9.11. The molecular weight excluding hydrogens is 402 g/mol. The number of pyridine rings is 2. The lowest BCUT2D eigenvalue weighted by Crippen LogP contribution is -2.50. The van der Waals surface area contributed by atoms with Gasteiger partial charge in [-0.05, 0) is 49.1 Å². The molecule has 7 heteroatoms. The predicted molar refractivity (Wildman–Crippen MR) is 114 cm³/mol. The first kappa shape index (κ1) is 19.4. The van der Waals surface area contributed by atoms with Gasteiger partial charge in [-0.2, -0.15) is 0 Å². The fourth-order valence-electron chi connectivity index (χ4n) is 4.68. The van der Waals surface area contributed by atoms with Crippen LogP contribution in [0.5, 0.6) is 0 Å². The molecule has 5 rings (SSSR count). The van der Waals surface area contributed by atoms with Gasteiger partial charge in [0.25, 0.3) is 5.91 Å². The van der Waals surface area contributed by atoms with Crippen molar-refractivity contribution in [2.75, 3.05) is 13.2 Å². The molecule has 1 aromatic carbocycles. The van der Waals surface area contributed by atoms with E-state index in [1.165, 1.54) is 0 Å². The number of hydrogen-bond donors (Lipinski definition) is 1. The lowest BCUT2D eigenvalue weighted by Gasteiger charge is -2.37. The summed E-state index contributed by atoms with van der Waals surface area (Å²) in [5.74, 6) is -0.0740. The maximum atomic E-state index is 13.4. The fraction of sp³-hybridized carbons (Fsp3) is 0.348. The summed E-state index contributed by atoms with van der Waals surface area (Å²) in [7, 11) is 0. The molecule has 1 saturated heterocycles. The third kappa shape index (κ3) is 3.16. The highest BCUT2D eigenvalue weighted by Crippen LogP contribution is 2.41. The van der Waals surface area contributed by atoms with Crippen LogP contribution in [0.2, 0.25) is 5.15 Å². The zero-order chi connectivity index (χ0) is 20.8. The Hall–Kier alpha value is -2.54. The minimum atomic E-state index is -0.585. The molecule has 0 aliphatic carbocycles. The van der Waals surface area contributed by atoms with Crippen molar-refractivity contribution in [3.8, 4) is 0 Å². The fourth-order valence-corrected chi connectivity index (χ4v) is 4.79. The molecule has 3 aromatic rings. The number of hydrogen-bond acceptors (Lipinski definition) is 5. The summed E-state index contributed by atoms with van der Waals surface area (Å²) >= 11 is 5.92. The number of rotatable bonds is 3. The third-order valence-corrected chi connectivity index (χ3v) is 6.37. The Labute approximate surface area is 179 Å². The average molecular weight is 424 g/mol. The Morgan fingerprint density at radius 1 is 1.30 bits per heavy atom. The van der Waals surface area contributed by atoms with Gasteiger partial charge in [-0.1, -0.05) is 23.7 Å². The number of halogens is 1. The predicted octanol–water partition coefficient (Wildman–Crippen LogP) is 3.54. The van der Waals surface area contributed by atoms with Crippen molar-refractivity contribution in [3.05, 3.63) is 70.1 Å². The molecule has 4 heterocycles. The number of amides is 1. The van der Waals surface area contributed by atoms with E-state index >= 15 is 0 Å². The Morgan fingerprint density at radius 2 is 2.17 bits per heavy atom. The molecule has 2 aliphatic rings. The molecular formula is C23H22ClN3O3. The molecule has 3 unspecified atom stereocenters. The number of fused-ring (bicyclic) bond motifs is 3. The number of benzene rings is 1. The van der Waals surface area contributed by atoms with Gasteiger partial charge in [0.1, 0.15) is 5.15 Å². The molecule has 1 N–H and O–H groups in total. The smallest absolute Gasteiger partial charge is 0.255 e. The van der Waals surface area contributed by atoms with Crippen molar-refractivity contribution in [1.29, 1.82) is 0 Å². The lowest BCUT2D eigenvalue weighted by molar-refractivity contribution is -0.0589. The van der Waals surface area contributed by atoms with Crippen LogP contribution in [0.3, 0.4) is 0 Å². The highest BCUT2D eigenvalue weighted by molar-refractivity contribution is 6.29. The van der Waals surface area contributed by atoms with Crippen molar-refractivity contribution >= 4 is 28.4 Å². The van der Waals surface area contributed by atoms with Crippen LogP contribution in [0.1, 0.15) is 46.4 Å². The molecule has 154 valence electrons. The number of aliphatic hydroxyl groups is 1. The minimum absolute atomic E-state index is 0.0740. The Kier molecular flexibility index (Phi) is 4.93. The number of ether oxygens (including phenoxy) is 1. The molecule has 0 spiro atoms. The summed E-state index contributed by atoms with van der Waals surface area (Å²) in [4.78, 5) is 24.0. The largest absolute Gasteiger partial charge is 0.391 e. The molecule has 0 radical (unpaired) electrons. The van der Waals surface area contributed by atoms with E-state index in [-0.39, 0.29) is 18.0 Å². The van der Waals surface area contributed by atoms with Crippen LogP contribution in [0.4, 0.5) is 0 Å². The van der Waals surface area contributed by atoms with Crippen LogP contribution in [-0.2, 0) is 11.2 Å². The summed E-state index contributed by atoms with van der Waals surface area (Å²) in [6.07, 6.45) is 4.08. The molecule has 1 fully saturated rings. The number of carbonyl (C=O) groups excluding carboxylic acids is 1. The topological polar surface area (TPSA) is 75.6 Å². The second-order valence-electron chi connectivity index (χ2n) is 7.95. The van der Waals surface area contributed by atoms with Gasteiger partial charge in [0.15, 0.2) is 0 Å². The number of aromatic nitrogens is 2. The van der Waals surface area contributed by atoms with E-state index < -0.39 is 6.10 Å². The first-order chi connectivity index (χ1) is 14.5. The zero-order valence-electron chi connectivity index (χ0n) is 16.6. The highest BCUT2D eigenvalue weighted by Gasteiger charge is 2.43. The van der Waals surface area contributed by atoms with Gasteiger partial charge >= 0.3 is 0 Å². The standard InChI is InChI=1S/C23H22ClN3O3/c1-13-21-17(23(29)27(13)18-12-30-8-6-19(18)28)10-15(16-3-2-7-25-22(16)21)9-14-4-5-20(24)26-11-14/h2-5,7,10-11,13,18-19,28H,6,8-9,12H2,1H3. The van der Waals surface area contributed by atoms with Crippen LogP contribution in [0.25, 0.3) is 10.9 Å². The maximum Gasteiger partial charge on any atom is 0.255 e. The summed E-state index contributed by atoms with van der Waals surface area (Å²) in [5, 5.41) is 12.0. The van der Waals surface area contributed by atoms with Crippen LogP contribution in [0.15, 0.2) is 42.7 Å². The molecule has 3 atom stereocenters. The quantitative estimate of drug-likeness (QED) is 0.652. The van der Waals surface area contributed by atoms with Crippen LogP contribution >= 0.6 is 11.6 Å². The first-order valence-electron chi connectivity index (χ1n) is 10.1. The van der Waals surface area contributed by atoms with E-state index in [4.69, 9.17) is 16.3 Å². The second kappa shape index (κ2) is 7.61. The second-order valence-corrected chi connectivity index (χ2v) is 8.34. The van der Waals surface area contributed by atoms with E-state index in [9.17, 15) is 9.90 Å².